The second-order valence-electron chi connectivity index (χ2n) is 9.29. The van der Waals surface area contributed by atoms with E-state index in [0.717, 1.165) is 32.9 Å². The Labute approximate surface area is 244 Å². The SMILES string of the molecule is NS(=O)(=O)c1ccc(NC(=O)Cn2c3c(sc2=O)[C@@H](c2cccs2)[C@@H]2C(=O)N(c4ccc(F)cc4)C(=O)[C@@H]2S3)cc1. The van der Waals surface area contributed by atoms with Gasteiger partial charge < -0.3 is 5.32 Å². The van der Waals surface area contributed by atoms with Crippen LogP contribution in [0.5, 0.6) is 0 Å². The van der Waals surface area contributed by atoms with Crippen molar-refractivity contribution in [3.63, 3.8) is 0 Å². The number of hydrogen-bond acceptors (Lipinski definition) is 9. The Bertz CT molecular complexity index is 1850. The van der Waals surface area contributed by atoms with Crippen molar-refractivity contribution in [1.82, 2.24) is 4.57 Å². The van der Waals surface area contributed by atoms with E-state index in [0.29, 0.717) is 15.6 Å². The van der Waals surface area contributed by atoms with E-state index in [1.807, 2.05) is 17.5 Å². The zero-order chi connectivity index (χ0) is 29.1. The summed E-state index contributed by atoms with van der Waals surface area (Å²) in [4.78, 5) is 55.4. The first-order chi connectivity index (χ1) is 19.5. The summed E-state index contributed by atoms with van der Waals surface area (Å²) in [6, 6.07) is 14.0. The molecule has 2 aromatic carbocycles. The maximum atomic E-state index is 13.7. The molecule has 3 atom stereocenters. The lowest BCUT2D eigenvalue weighted by Crippen LogP contribution is -2.32. The van der Waals surface area contributed by atoms with Gasteiger partial charge in [0.15, 0.2) is 0 Å². The van der Waals surface area contributed by atoms with E-state index in [-0.39, 0.29) is 17.1 Å². The third-order valence-electron chi connectivity index (χ3n) is 6.75. The number of nitrogens with zero attached hydrogens (tertiary/aromatic N) is 2. The second kappa shape index (κ2) is 10.3. The standard InChI is InChI=1S/C26H19FN4O6S4/c27-13-3-7-15(8-4-13)31-23(33)20-19(17-2-1-11-38-17)22-25(39-21(20)24(31)34)30(26(35)40-22)12-18(32)29-14-5-9-16(10-6-14)41(28,36)37/h1-11,19-21H,12H2,(H,29,32)(H2,28,36,37)/t19-,20-,21+/m0/s1. The molecule has 2 aromatic heterocycles. The third-order valence-corrected chi connectivity index (χ3v) is 11.2. The maximum absolute atomic E-state index is 13.7. The Morgan fingerprint density at radius 1 is 1.00 bits per heavy atom. The zero-order valence-corrected chi connectivity index (χ0v) is 24.0. The van der Waals surface area contributed by atoms with Gasteiger partial charge in [0.25, 0.3) is 0 Å². The fourth-order valence-electron chi connectivity index (χ4n) is 4.95. The minimum Gasteiger partial charge on any atom is -0.325 e. The number of nitrogens with one attached hydrogen (secondary N) is 1. The third kappa shape index (κ3) is 4.93. The zero-order valence-electron chi connectivity index (χ0n) is 20.7. The number of amides is 3. The molecule has 3 amide bonds. The van der Waals surface area contributed by atoms with Crippen LogP contribution in [0.3, 0.4) is 0 Å². The summed E-state index contributed by atoms with van der Waals surface area (Å²) in [5, 5.41) is 9.16. The highest BCUT2D eigenvalue weighted by atomic mass is 32.2. The molecule has 0 saturated carbocycles. The van der Waals surface area contributed by atoms with Gasteiger partial charge in [-0.2, -0.15) is 0 Å². The number of fused-ring (bicyclic) bond motifs is 2. The number of halogens is 1. The molecule has 0 unspecified atom stereocenters. The molecule has 6 rings (SSSR count). The van der Waals surface area contributed by atoms with Crippen molar-refractivity contribution in [2.75, 3.05) is 10.2 Å². The Kier molecular flexibility index (Phi) is 6.94. The summed E-state index contributed by atoms with van der Waals surface area (Å²) in [6.07, 6.45) is 0. The molecule has 0 radical (unpaired) electrons. The fourth-order valence-corrected chi connectivity index (χ4v) is 9.18. The van der Waals surface area contributed by atoms with Crippen LogP contribution < -0.4 is 20.2 Å². The maximum Gasteiger partial charge on any atom is 0.308 e. The fraction of sp³-hybridized carbons (Fsp3) is 0.154. The van der Waals surface area contributed by atoms with Gasteiger partial charge in [-0.3, -0.25) is 23.7 Å². The topological polar surface area (TPSA) is 149 Å². The van der Waals surface area contributed by atoms with Gasteiger partial charge in [0, 0.05) is 21.4 Å². The quantitative estimate of drug-likeness (QED) is 0.311. The van der Waals surface area contributed by atoms with Gasteiger partial charge in [0.1, 0.15) is 17.6 Å². The van der Waals surface area contributed by atoms with E-state index in [2.05, 4.69) is 5.32 Å². The Balaban J connectivity index is 1.33. The van der Waals surface area contributed by atoms with Crippen molar-refractivity contribution in [1.29, 1.82) is 0 Å². The molecule has 4 aromatic rings. The molecule has 1 fully saturated rings. The largest absolute Gasteiger partial charge is 0.325 e. The number of thioether (sulfide) groups is 1. The predicted molar refractivity (Wildman–Crippen MR) is 153 cm³/mol. The van der Waals surface area contributed by atoms with E-state index >= 15 is 0 Å². The van der Waals surface area contributed by atoms with Crippen LogP contribution in [-0.2, 0) is 31.0 Å². The Hall–Kier alpha value is -3.63. The smallest absolute Gasteiger partial charge is 0.308 e. The summed E-state index contributed by atoms with van der Waals surface area (Å²) in [5.41, 5.74) is 0.560. The van der Waals surface area contributed by atoms with Crippen LogP contribution in [0.2, 0.25) is 0 Å². The molecule has 2 aliphatic rings. The van der Waals surface area contributed by atoms with Crippen molar-refractivity contribution >= 4 is 73.6 Å². The van der Waals surface area contributed by atoms with Crippen LogP contribution in [-0.4, -0.2) is 36.0 Å². The van der Waals surface area contributed by atoms with E-state index in [1.54, 1.807) is 0 Å². The van der Waals surface area contributed by atoms with Crippen LogP contribution in [0.1, 0.15) is 15.7 Å². The highest BCUT2D eigenvalue weighted by Crippen LogP contribution is 2.54. The number of carbonyl (C=O) groups excluding carboxylic acids is 3. The van der Waals surface area contributed by atoms with Crippen molar-refractivity contribution in [3.05, 3.63) is 91.3 Å². The number of thiazole rings is 1. The van der Waals surface area contributed by atoms with Gasteiger partial charge >= 0.3 is 4.87 Å². The molecule has 210 valence electrons. The number of thiophene rings is 1. The first kappa shape index (κ1) is 27.5. The lowest BCUT2D eigenvalue weighted by atomic mass is 9.87. The van der Waals surface area contributed by atoms with Crippen molar-refractivity contribution in [2.24, 2.45) is 11.1 Å². The van der Waals surface area contributed by atoms with Crippen molar-refractivity contribution in [2.45, 2.75) is 27.6 Å². The van der Waals surface area contributed by atoms with E-state index in [9.17, 15) is 32.0 Å². The van der Waals surface area contributed by atoms with Crippen LogP contribution in [0.25, 0.3) is 0 Å². The molecule has 1 saturated heterocycles. The Morgan fingerprint density at radius 2 is 1.71 bits per heavy atom. The summed E-state index contributed by atoms with van der Waals surface area (Å²) >= 11 is 3.40. The molecule has 0 bridgehead atoms. The molecule has 0 aliphatic carbocycles. The van der Waals surface area contributed by atoms with E-state index < -0.39 is 55.5 Å². The lowest BCUT2D eigenvalue weighted by molar-refractivity contribution is -0.122. The van der Waals surface area contributed by atoms with Gasteiger partial charge in [0.05, 0.1) is 21.5 Å². The first-order valence-electron chi connectivity index (χ1n) is 12.0. The molecule has 15 heteroatoms. The number of aromatic nitrogens is 1. The second-order valence-corrected chi connectivity index (χ2v) is 14.0. The summed E-state index contributed by atoms with van der Waals surface area (Å²) in [7, 11) is -3.90. The molecular formula is C26H19FN4O6S4. The van der Waals surface area contributed by atoms with Gasteiger partial charge in [0.2, 0.25) is 27.7 Å². The first-order valence-corrected chi connectivity index (χ1v) is 16.1. The minimum absolute atomic E-state index is 0.116. The number of carbonyl (C=O) groups is 3. The highest BCUT2D eigenvalue weighted by molar-refractivity contribution is 8.00. The van der Waals surface area contributed by atoms with Crippen molar-refractivity contribution < 1.29 is 27.2 Å². The number of sulfonamides is 1. The molecule has 4 heterocycles. The van der Waals surface area contributed by atoms with Gasteiger partial charge in [-0.25, -0.2) is 22.8 Å². The minimum atomic E-state index is -3.90. The molecule has 2 aliphatic heterocycles. The lowest BCUT2D eigenvalue weighted by Gasteiger charge is -2.29. The normalized spacial score (nSPS) is 20.1. The number of imide groups is 1. The van der Waals surface area contributed by atoms with Gasteiger partial charge in [-0.15, -0.1) is 11.3 Å². The molecular weight excluding hydrogens is 612 g/mol. The molecule has 0 spiro atoms. The predicted octanol–water partition coefficient (Wildman–Crippen LogP) is 3.19. The average Bonchev–Trinajstić information content (AvgIpc) is 3.62. The number of primary sulfonamides is 1. The monoisotopic (exact) mass is 630 g/mol. The molecule has 41 heavy (non-hydrogen) atoms. The number of rotatable bonds is 6. The summed E-state index contributed by atoms with van der Waals surface area (Å²) in [5.74, 6) is -3.33. The Morgan fingerprint density at radius 3 is 2.34 bits per heavy atom. The van der Waals surface area contributed by atoms with Crippen molar-refractivity contribution in [3.8, 4) is 0 Å². The molecule has 3 N–H and O–H groups in total. The van der Waals surface area contributed by atoms with Crippen LogP contribution in [0.15, 0.2) is 80.8 Å². The highest BCUT2D eigenvalue weighted by Gasteiger charge is 2.57. The van der Waals surface area contributed by atoms with Gasteiger partial charge in [-0.1, -0.05) is 29.2 Å². The summed E-state index contributed by atoms with van der Waals surface area (Å²) < 4.78 is 37.8. The number of nitrogens with two attached hydrogens (primary N) is 1. The van der Waals surface area contributed by atoms with E-state index in [1.165, 1.54) is 64.4 Å². The van der Waals surface area contributed by atoms with Crippen LogP contribution in [0, 0.1) is 11.7 Å². The van der Waals surface area contributed by atoms with Crippen LogP contribution >= 0.6 is 34.4 Å². The van der Waals surface area contributed by atoms with E-state index in [4.69, 9.17) is 5.14 Å². The van der Waals surface area contributed by atoms with Crippen LogP contribution in [0.4, 0.5) is 15.8 Å². The number of hydrogen-bond donors (Lipinski definition) is 2. The number of benzene rings is 2. The average molecular weight is 631 g/mol. The van der Waals surface area contributed by atoms with Gasteiger partial charge in [-0.05, 0) is 60.0 Å². The molecule has 10 nitrogen and oxygen atoms in total. The summed E-state index contributed by atoms with van der Waals surface area (Å²) in [6.45, 7) is -0.368. The number of anilines is 2.